The number of nitrogens with two attached hydrogens (primary N) is 1. The van der Waals surface area contributed by atoms with Crippen LogP contribution in [-0.4, -0.2) is 15.0 Å². The third-order valence-corrected chi connectivity index (χ3v) is 5.25. The van der Waals surface area contributed by atoms with Gasteiger partial charge in [0, 0.05) is 12.2 Å². The number of hydrogen-bond donors (Lipinski definition) is 2. The third kappa shape index (κ3) is 2.67. The highest BCUT2D eigenvalue weighted by Crippen LogP contribution is 2.44. The smallest absolute Gasteiger partial charge is 0.241 e. The largest absolute Gasteiger partial charge is 0.399 e. The highest BCUT2D eigenvalue weighted by molar-refractivity contribution is 7.89. The Morgan fingerprint density at radius 3 is 2.22 bits per heavy atom. The van der Waals surface area contributed by atoms with Gasteiger partial charge in [0.25, 0.3) is 0 Å². The molecule has 2 rings (SSSR count). The highest BCUT2D eigenvalue weighted by Gasteiger charge is 2.38. The maximum absolute atomic E-state index is 12.3. The maximum atomic E-state index is 12.3. The lowest BCUT2D eigenvalue weighted by Gasteiger charge is -2.15. The van der Waals surface area contributed by atoms with Crippen LogP contribution in [0.1, 0.15) is 30.9 Å². The van der Waals surface area contributed by atoms with Crippen LogP contribution in [0.5, 0.6) is 0 Å². The van der Waals surface area contributed by atoms with Crippen molar-refractivity contribution in [3.8, 4) is 0 Å². The van der Waals surface area contributed by atoms with Crippen molar-refractivity contribution in [2.75, 3.05) is 12.3 Å². The van der Waals surface area contributed by atoms with E-state index in [1.165, 1.54) is 0 Å². The Hall–Kier alpha value is -1.07. The Morgan fingerprint density at radius 2 is 1.78 bits per heavy atom. The molecule has 4 nitrogen and oxygen atoms in total. The molecule has 1 aromatic rings. The summed E-state index contributed by atoms with van der Waals surface area (Å²) >= 11 is 0. The van der Waals surface area contributed by atoms with E-state index < -0.39 is 10.0 Å². The summed E-state index contributed by atoms with van der Waals surface area (Å²) in [5.41, 5.74) is 7.85. The number of nitrogens with one attached hydrogen (secondary N) is 1. The van der Waals surface area contributed by atoms with Gasteiger partial charge in [-0.15, -0.1) is 0 Å². The molecule has 1 saturated carbocycles. The number of nitrogen functional groups attached to an aromatic ring is 1. The van der Waals surface area contributed by atoms with E-state index in [1.54, 1.807) is 26.0 Å². The molecule has 0 atom stereocenters. The van der Waals surface area contributed by atoms with Crippen molar-refractivity contribution in [1.82, 2.24) is 4.72 Å². The van der Waals surface area contributed by atoms with Crippen molar-refractivity contribution >= 4 is 15.7 Å². The van der Waals surface area contributed by atoms with Crippen LogP contribution >= 0.6 is 0 Å². The van der Waals surface area contributed by atoms with Gasteiger partial charge in [0.15, 0.2) is 0 Å². The van der Waals surface area contributed by atoms with Crippen LogP contribution in [0.15, 0.2) is 17.0 Å². The van der Waals surface area contributed by atoms with Crippen molar-refractivity contribution < 1.29 is 8.42 Å². The average molecular weight is 268 g/mol. The van der Waals surface area contributed by atoms with Crippen LogP contribution in [0.3, 0.4) is 0 Å². The number of rotatable bonds is 4. The van der Waals surface area contributed by atoms with Crippen LogP contribution in [0.25, 0.3) is 0 Å². The van der Waals surface area contributed by atoms with Crippen LogP contribution in [-0.2, 0) is 10.0 Å². The van der Waals surface area contributed by atoms with Gasteiger partial charge in [-0.05, 0) is 55.4 Å². The van der Waals surface area contributed by atoms with Crippen LogP contribution in [0.2, 0.25) is 0 Å². The lowest BCUT2D eigenvalue weighted by atomic mass is 10.1. The third-order valence-electron chi connectivity index (χ3n) is 3.54. The molecule has 1 aliphatic rings. The topological polar surface area (TPSA) is 72.2 Å². The van der Waals surface area contributed by atoms with Crippen molar-refractivity contribution in [1.29, 1.82) is 0 Å². The molecule has 0 aliphatic heterocycles. The van der Waals surface area contributed by atoms with Gasteiger partial charge in [0.2, 0.25) is 10.0 Å². The molecule has 0 spiro atoms. The predicted octanol–water partition coefficient (Wildman–Crippen LogP) is 1.96. The van der Waals surface area contributed by atoms with Gasteiger partial charge in [-0.3, -0.25) is 0 Å². The zero-order valence-electron chi connectivity index (χ0n) is 11.1. The molecule has 0 saturated heterocycles. The zero-order valence-corrected chi connectivity index (χ0v) is 11.9. The first-order valence-corrected chi connectivity index (χ1v) is 7.58. The van der Waals surface area contributed by atoms with Gasteiger partial charge in [0.1, 0.15) is 0 Å². The summed E-state index contributed by atoms with van der Waals surface area (Å²) in [5.74, 6) is 0. The first-order chi connectivity index (χ1) is 8.23. The number of benzene rings is 1. The second-order valence-electron chi connectivity index (χ2n) is 5.62. The van der Waals surface area contributed by atoms with Crippen molar-refractivity contribution in [2.24, 2.45) is 5.41 Å². The predicted molar refractivity (Wildman–Crippen MR) is 72.9 cm³/mol. The Morgan fingerprint density at radius 1 is 1.28 bits per heavy atom. The molecule has 0 radical (unpaired) electrons. The summed E-state index contributed by atoms with van der Waals surface area (Å²) < 4.78 is 27.3. The minimum atomic E-state index is -3.44. The zero-order chi connectivity index (χ0) is 13.6. The number of sulfonamides is 1. The van der Waals surface area contributed by atoms with Gasteiger partial charge in [-0.2, -0.15) is 0 Å². The summed E-state index contributed by atoms with van der Waals surface area (Å²) in [5, 5.41) is 0. The first-order valence-electron chi connectivity index (χ1n) is 6.10. The number of aryl methyl sites for hydroxylation is 2. The van der Waals surface area contributed by atoms with E-state index >= 15 is 0 Å². The molecule has 0 amide bonds. The summed E-state index contributed by atoms with van der Waals surface area (Å²) in [6.45, 7) is 6.16. The normalized spacial score (nSPS) is 17.7. The van der Waals surface area contributed by atoms with E-state index in [9.17, 15) is 8.42 Å². The van der Waals surface area contributed by atoms with Crippen LogP contribution in [0.4, 0.5) is 5.69 Å². The van der Waals surface area contributed by atoms with E-state index in [1.807, 2.05) is 0 Å². The van der Waals surface area contributed by atoms with Gasteiger partial charge >= 0.3 is 0 Å². The van der Waals surface area contributed by atoms with E-state index in [2.05, 4.69) is 11.6 Å². The summed E-state index contributed by atoms with van der Waals surface area (Å²) in [6.07, 6.45) is 2.18. The van der Waals surface area contributed by atoms with Crippen molar-refractivity contribution in [3.05, 3.63) is 23.3 Å². The summed E-state index contributed by atoms with van der Waals surface area (Å²) in [4.78, 5) is 0.362. The monoisotopic (exact) mass is 268 g/mol. The quantitative estimate of drug-likeness (QED) is 0.820. The molecule has 0 heterocycles. The molecule has 18 heavy (non-hydrogen) atoms. The first kappa shape index (κ1) is 13.4. The second-order valence-corrected chi connectivity index (χ2v) is 7.32. The van der Waals surface area contributed by atoms with Gasteiger partial charge < -0.3 is 5.73 Å². The molecule has 100 valence electrons. The highest BCUT2D eigenvalue weighted by atomic mass is 32.2. The van der Waals surface area contributed by atoms with Crippen LogP contribution < -0.4 is 10.5 Å². The molecular formula is C13H20N2O2S. The average Bonchev–Trinajstić information content (AvgIpc) is 2.92. The second kappa shape index (κ2) is 4.24. The summed E-state index contributed by atoms with van der Waals surface area (Å²) in [7, 11) is -3.44. The molecule has 1 aromatic carbocycles. The molecule has 1 fully saturated rings. The Labute approximate surface area is 109 Å². The van der Waals surface area contributed by atoms with Gasteiger partial charge in [0.05, 0.1) is 4.90 Å². The fraction of sp³-hybridized carbons (Fsp3) is 0.538. The Bertz CT molecular complexity index is 552. The van der Waals surface area contributed by atoms with Crippen molar-refractivity contribution in [3.63, 3.8) is 0 Å². The van der Waals surface area contributed by atoms with E-state index in [-0.39, 0.29) is 5.41 Å². The van der Waals surface area contributed by atoms with Gasteiger partial charge in [-0.25, -0.2) is 13.1 Å². The van der Waals surface area contributed by atoms with E-state index in [0.717, 1.165) is 12.8 Å². The molecule has 0 bridgehead atoms. The van der Waals surface area contributed by atoms with E-state index in [4.69, 9.17) is 5.73 Å². The fourth-order valence-electron chi connectivity index (χ4n) is 2.14. The molecule has 3 N–H and O–H groups in total. The fourth-order valence-corrected chi connectivity index (χ4v) is 3.79. The lowest BCUT2D eigenvalue weighted by molar-refractivity contribution is 0.530. The maximum Gasteiger partial charge on any atom is 0.241 e. The molecular weight excluding hydrogens is 248 g/mol. The SMILES string of the molecule is Cc1cc(N)cc(C)c1S(=O)(=O)NCC1(C)CC1. The van der Waals surface area contributed by atoms with Crippen molar-refractivity contribution in [2.45, 2.75) is 38.5 Å². The van der Waals surface area contributed by atoms with Gasteiger partial charge in [-0.1, -0.05) is 6.92 Å². The Balaban J connectivity index is 2.29. The minimum Gasteiger partial charge on any atom is -0.399 e. The Kier molecular flexibility index (Phi) is 3.15. The number of anilines is 1. The van der Waals surface area contributed by atoms with Crippen LogP contribution in [0, 0.1) is 19.3 Å². The molecule has 0 unspecified atom stereocenters. The van der Waals surface area contributed by atoms with E-state index in [0.29, 0.717) is 28.3 Å². The standard InChI is InChI=1S/C13H20N2O2S/c1-9-6-11(14)7-10(2)12(9)18(16,17)15-8-13(3)4-5-13/h6-7,15H,4-5,8,14H2,1-3H3. The minimum absolute atomic E-state index is 0.155. The molecule has 5 heteroatoms. The summed E-state index contributed by atoms with van der Waals surface area (Å²) in [6, 6.07) is 3.39. The number of hydrogen-bond acceptors (Lipinski definition) is 3. The lowest BCUT2D eigenvalue weighted by Crippen LogP contribution is -2.30. The molecule has 0 aromatic heterocycles. The molecule has 1 aliphatic carbocycles.